The van der Waals surface area contributed by atoms with Crippen LogP contribution in [0, 0.1) is 13.8 Å². The lowest BCUT2D eigenvalue weighted by Gasteiger charge is -2.21. The Labute approximate surface area is 131 Å². The minimum Gasteiger partial charge on any atom is -0.492 e. The molecule has 114 valence electrons. The molecule has 0 amide bonds. The highest BCUT2D eigenvalue weighted by molar-refractivity contribution is 7.94. The van der Waals surface area contributed by atoms with Crippen molar-refractivity contribution in [1.82, 2.24) is 0 Å². The molecule has 2 aromatic carbocycles. The van der Waals surface area contributed by atoms with Gasteiger partial charge in [0.15, 0.2) is 9.84 Å². The van der Waals surface area contributed by atoms with Gasteiger partial charge in [0.1, 0.15) is 5.75 Å². The number of hydrogen-bond donors (Lipinski definition) is 0. The first-order valence-corrected chi connectivity index (χ1v) is 8.78. The Morgan fingerprint density at radius 2 is 1.73 bits per heavy atom. The molecule has 4 heteroatoms. The predicted octanol–water partition coefficient (Wildman–Crippen LogP) is 3.90. The van der Waals surface area contributed by atoms with Crippen LogP contribution in [0.1, 0.15) is 23.1 Å². The van der Waals surface area contributed by atoms with E-state index in [1.54, 1.807) is 12.1 Å². The number of benzene rings is 2. The highest BCUT2D eigenvalue weighted by Gasteiger charge is 2.21. The third-order valence-electron chi connectivity index (χ3n) is 3.87. The zero-order valence-corrected chi connectivity index (χ0v) is 13.5. The number of fused-ring (bicyclic) bond motifs is 1. The molecule has 0 aromatic heterocycles. The summed E-state index contributed by atoms with van der Waals surface area (Å²) in [4.78, 5) is 0.364. The molecule has 1 heterocycles. The molecule has 0 unspecified atom stereocenters. The van der Waals surface area contributed by atoms with Crippen molar-refractivity contribution in [3.63, 3.8) is 0 Å². The Hall–Kier alpha value is -2.07. The highest BCUT2D eigenvalue weighted by Crippen LogP contribution is 2.36. The van der Waals surface area contributed by atoms with Gasteiger partial charge >= 0.3 is 0 Å². The summed E-state index contributed by atoms with van der Waals surface area (Å²) in [5.41, 5.74) is 3.48. The summed E-state index contributed by atoms with van der Waals surface area (Å²) < 4.78 is 31.1. The molecule has 0 saturated heterocycles. The number of ether oxygens (including phenoxy) is 1. The van der Waals surface area contributed by atoms with Gasteiger partial charge in [0.05, 0.1) is 11.5 Å². The third kappa shape index (κ3) is 2.66. The Morgan fingerprint density at radius 3 is 2.50 bits per heavy atom. The van der Waals surface area contributed by atoms with Crippen molar-refractivity contribution in [2.75, 3.05) is 6.61 Å². The second-order valence-corrected chi connectivity index (χ2v) is 7.27. The van der Waals surface area contributed by atoms with E-state index >= 15 is 0 Å². The number of rotatable bonds is 2. The molecule has 1 aliphatic rings. The summed E-state index contributed by atoms with van der Waals surface area (Å²) in [6.07, 6.45) is 0.599. The molecule has 3 nitrogen and oxygen atoms in total. The van der Waals surface area contributed by atoms with E-state index in [1.807, 2.05) is 44.2 Å². The smallest absolute Gasteiger partial charge is 0.200 e. The molecule has 0 fully saturated rings. The zero-order chi connectivity index (χ0) is 15.7. The van der Waals surface area contributed by atoms with E-state index < -0.39 is 9.84 Å². The second-order valence-electron chi connectivity index (χ2n) is 5.50. The molecule has 0 spiro atoms. The van der Waals surface area contributed by atoms with Gasteiger partial charge in [0.2, 0.25) is 0 Å². The van der Waals surface area contributed by atoms with E-state index in [9.17, 15) is 8.42 Å². The minimum atomic E-state index is -3.46. The van der Waals surface area contributed by atoms with Crippen molar-refractivity contribution < 1.29 is 13.2 Å². The molecule has 0 N–H and O–H groups in total. The molecule has 0 bridgehead atoms. The van der Waals surface area contributed by atoms with Gasteiger partial charge in [0, 0.05) is 17.4 Å². The van der Waals surface area contributed by atoms with E-state index in [0.717, 1.165) is 28.0 Å². The van der Waals surface area contributed by atoms with Gasteiger partial charge in [-0.2, -0.15) is 0 Å². The maximum absolute atomic E-state index is 12.7. The van der Waals surface area contributed by atoms with Gasteiger partial charge in [-0.15, -0.1) is 0 Å². The predicted molar refractivity (Wildman–Crippen MR) is 87.6 cm³/mol. The van der Waals surface area contributed by atoms with E-state index in [0.29, 0.717) is 17.9 Å². The van der Waals surface area contributed by atoms with Gasteiger partial charge in [-0.3, -0.25) is 0 Å². The van der Waals surface area contributed by atoms with Crippen molar-refractivity contribution in [2.24, 2.45) is 0 Å². The summed E-state index contributed by atoms with van der Waals surface area (Å²) >= 11 is 0. The van der Waals surface area contributed by atoms with Crippen molar-refractivity contribution in [2.45, 2.75) is 25.2 Å². The first kappa shape index (κ1) is 14.9. The molecule has 3 rings (SSSR count). The van der Waals surface area contributed by atoms with Crippen LogP contribution in [0.25, 0.3) is 5.57 Å². The van der Waals surface area contributed by atoms with E-state index in [4.69, 9.17) is 4.74 Å². The number of aryl methyl sites for hydroxylation is 2. The summed E-state index contributed by atoms with van der Waals surface area (Å²) in [5, 5.41) is 1.40. The van der Waals surface area contributed by atoms with E-state index in [1.165, 1.54) is 5.41 Å². The lowest BCUT2D eigenvalue weighted by molar-refractivity contribution is 0.314. The number of sulfone groups is 1. The topological polar surface area (TPSA) is 43.4 Å². The van der Waals surface area contributed by atoms with Gasteiger partial charge in [-0.05, 0) is 36.6 Å². The van der Waals surface area contributed by atoms with Crippen LogP contribution in [0.4, 0.5) is 0 Å². The Morgan fingerprint density at radius 1 is 1.00 bits per heavy atom. The highest BCUT2D eigenvalue weighted by atomic mass is 32.2. The standard InChI is InChI=1S/C18H18O3S/c1-13-6-3-4-9-17(13)22(19,20)12-15-10-11-21-18-14(2)7-5-8-16(15)18/h3-9,12H,10-11H2,1-2H3/b15-12+. The number of hydrogen-bond acceptors (Lipinski definition) is 3. The van der Waals surface area contributed by atoms with Crippen LogP contribution in [0.2, 0.25) is 0 Å². The van der Waals surface area contributed by atoms with Crippen molar-refractivity contribution >= 4 is 15.4 Å². The largest absolute Gasteiger partial charge is 0.492 e. The molecule has 2 aromatic rings. The van der Waals surface area contributed by atoms with Crippen LogP contribution in [0.15, 0.2) is 52.8 Å². The molecule has 0 radical (unpaired) electrons. The van der Waals surface area contributed by atoms with Crippen LogP contribution in [-0.4, -0.2) is 15.0 Å². The fourth-order valence-corrected chi connectivity index (χ4v) is 4.27. The second kappa shape index (κ2) is 5.61. The zero-order valence-electron chi connectivity index (χ0n) is 12.7. The SMILES string of the molecule is Cc1ccccc1S(=O)(=O)/C=C1\CCOc2c(C)cccc21. The maximum atomic E-state index is 12.7. The van der Waals surface area contributed by atoms with Crippen LogP contribution < -0.4 is 4.74 Å². The van der Waals surface area contributed by atoms with Crippen LogP contribution in [0.3, 0.4) is 0 Å². The summed E-state index contributed by atoms with van der Waals surface area (Å²) in [5.74, 6) is 0.792. The lowest BCUT2D eigenvalue weighted by atomic mass is 9.99. The van der Waals surface area contributed by atoms with Gasteiger partial charge in [-0.25, -0.2) is 8.42 Å². The molecule has 1 aliphatic heterocycles. The number of para-hydroxylation sites is 1. The normalized spacial score (nSPS) is 16.2. The monoisotopic (exact) mass is 314 g/mol. The maximum Gasteiger partial charge on any atom is 0.200 e. The molecule has 0 saturated carbocycles. The minimum absolute atomic E-state index is 0.364. The van der Waals surface area contributed by atoms with Crippen LogP contribution in [0.5, 0.6) is 5.75 Å². The Bertz CT molecular complexity index is 848. The Kier molecular flexibility index (Phi) is 3.79. The quantitative estimate of drug-likeness (QED) is 0.844. The third-order valence-corrected chi connectivity index (χ3v) is 5.54. The average molecular weight is 314 g/mol. The van der Waals surface area contributed by atoms with E-state index in [-0.39, 0.29) is 0 Å². The first-order valence-electron chi connectivity index (χ1n) is 7.23. The fourth-order valence-electron chi connectivity index (χ4n) is 2.74. The summed E-state index contributed by atoms with van der Waals surface area (Å²) in [6.45, 7) is 4.29. The molecule has 22 heavy (non-hydrogen) atoms. The van der Waals surface area contributed by atoms with Gasteiger partial charge in [-0.1, -0.05) is 36.4 Å². The lowest BCUT2D eigenvalue weighted by Crippen LogP contribution is -2.10. The van der Waals surface area contributed by atoms with Crippen LogP contribution in [-0.2, 0) is 9.84 Å². The first-order chi connectivity index (χ1) is 10.5. The van der Waals surface area contributed by atoms with Crippen LogP contribution >= 0.6 is 0 Å². The summed E-state index contributed by atoms with van der Waals surface area (Å²) in [6, 6.07) is 12.9. The molecule has 0 atom stereocenters. The van der Waals surface area contributed by atoms with Gasteiger partial charge < -0.3 is 4.74 Å². The average Bonchev–Trinajstić information content (AvgIpc) is 2.48. The Balaban J connectivity index is 2.11. The molecule has 0 aliphatic carbocycles. The van der Waals surface area contributed by atoms with Gasteiger partial charge in [0.25, 0.3) is 0 Å². The summed E-state index contributed by atoms with van der Waals surface area (Å²) in [7, 11) is -3.46. The van der Waals surface area contributed by atoms with Crippen molar-refractivity contribution in [3.8, 4) is 5.75 Å². The van der Waals surface area contributed by atoms with E-state index in [2.05, 4.69) is 0 Å². The van der Waals surface area contributed by atoms with Crippen molar-refractivity contribution in [3.05, 3.63) is 64.6 Å². The van der Waals surface area contributed by atoms with Crippen molar-refractivity contribution in [1.29, 1.82) is 0 Å². The molecular weight excluding hydrogens is 296 g/mol. The fraction of sp³-hybridized carbons (Fsp3) is 0.222. The molecular formula is C18H18O3S.